The van der Waals surface area contributed by atoms with E-state index in [1.807, 2.05) is 66.4 Å². The molecule has 2 aliphatic rings. The number of carbonyl (C=O) groups is 3. The van der Waals surface area contributed by atoms with E-state index in [1.165, 1.54) is 0 Å². The molecule has 34 heavy (non-hydrogen) atoms. The summed E-state index contributed by atoms with van der Waals surface area (Å²) in [6.45, 7) is 4.23. The Balaban J connectivity index is 1.22. The number of aromatic nitrogens is 1. The molecule has 0 saturated carbocycles. The summed E-state index contributed by atoms with van der Waals surface area (Å²) in [6.07, 6.45) is 2.30. The fourth-order valence-corrected chi connectivity index (χ4v) is 5.21. The molecule has 1 aromatic heterocycles. The molecule has 3 amide bonds. The van der Waals surface area contributed by atoms with Gasteiger partial charge in [-0.1, -0.05) is 36.4 Å². The molecule has 0 atom stereocenters. The molecule has 1 N–H and O–H groups in total. The molecule has 2 aliphatic heterocycles. The third-order valence-corrected chi connectivity index (χ3v) is 7.08. The van der Waals surface area contributed by atoms with Crippen molar-refractivity contribution in [2.45, 2.75) is 32.6 Å². The number of para-hydroxylation sites is 1. The Kier molecular flexibility index (Phi) is 6.09. The molecule has 176 valence electrons. The molecule has 0 radical (unpaired) electrons. The predicted octanol–water partition coefficient (Wildman–Crippen LogP) is 3.55. The Hall–Kier alpha value is -3.61. The van der Waals surface area contributed by atoms with E-state index in [9.17, 15) is 14.4 Å². The lowest BCUT2D eigenvalue weighted by molar-refractivity contribution is -0.161. The van der Waals surface area contributed by atoms with Gasteiger partial charge in [-0.05, 0) is 49.9 Å². The third-order valence-electron chi connectivity index (χ3n) is 7.08. The molecule has 0 spiro atoms. The van der Waals surface area contributed by atoms with Gasteiger partial charge in [0.1, 0.15) is 0 Å². The van der Waals surface area contributed by atoms with Gasteiger partial charge < -0.3 is 9.88 Å². The van der Waals surface area contributed by atoms with Gasteiger partial charge in [-0.3, -0.25) is 24.4 Å². The summed E-state index contributed by atoms with van der Waals surface area (Å²) >= 11 is 0. The van der Waals surface area contributed by atoms with E-state index in [2.05, 4.69) is 4.98 Å². The van der Waals surface area contributed by atoms with E-state index in [4.69, 9.17) is 0 Å². The number of piperidine rings is 1. The van der Waals surface area contributed by atoms with E-state index >= 15 is 0 Å². The van der Waals surface area contributed by atoms with Gasteiger partial charge in [0.2, 0.25) is 11.8 Å². The number of aromatic amines is 1. The summed E-state index contributed by atoms with van der Waals surface area (Å²) in [7, 11) is 0. The Morgan fingerprint density at radius 2 is 1.56 bits per heavy atom. The van der Waals surface area contributed by atoms with Crippen molar-refractivity contribution in [2.24, 2.45) is 5.92 Å². The van der Waals surface area contributed by atoms with Gasteiger partial charge in [0, 0.05) is 54.3 Å². The highest BCUT2D eigenvalue weighted by Gasteiger charge is 2.36. The molecule has 0 unspecified atom stereocenters. The molecule has 0 aliphatic carbocycles. The van der Waals surface area contributed by atoms with E-state index in [0.717, 1.165) is 28.6 Å². The number of likely N-dealkylation sites (tertiary alicyclic amines) is 1. The van der Waals surface area contributed by atoms with Crippen LogP contribution < -0.4 is 0 Å². The summed E-state index contributed by atoms with van der Waals surface area (Å²) in [4.78, 5) is 44.5. The van der Waals surface area contributed by atoms with Gasteiger partial charge in [0.15, 0.2) is 0 Å². The normalized spacial score (nSPS) is 16.9. The van der Waals surface area contributed by atoms with Crippen LogP contribution in [0, 0.1) is 12.8 Å². The van der Waals surface area contributed by atoms with Crippen LogP contribution in [0.2, 0.25) is 0 Å². The molecule has 2 aromatic carbocycles. The van der Waals surface area contributed by atoms with Crippen molar-refractivity contribution in [1.82, 2.24) is 19.9 Å². The van der Waals surface area contributed by atoms with Crippen LogP contribution in [0.5, 0.6) is 0 Å². The number of rotatable bonds is 4. The third kappa shape index (κ3) is 4.18. The summed E-state index contributed by atoms with van der Waals surface area (Å²) in [5.41, 5.74) is 3.68. The van der Waals surface area contributed by atoms with Gasteiger partial charge >= 0.3 is 0 Å². The van der Waals surface area contributed by atoms with E-state index in [1.54, 1.807) is 10.0 Å². The smallest absolute Gasteiger partial charge is 0.253 e. The van der Waals surface area contributed by atoms with Gasteiger partial charge in [-0.2, -0.15) is 0 Å². The molecule has 7 heteroatoms. The fraction of sp³-hybridized carbons (Fsp3) is 0.370. The van der Waals surface area contributed by atoms with E-state index in [0.29, 0.717) is 44.6 Å². The lowest BCUT2D eigenvalue weighted by Gasteiger charge is -2.35. The lowest BCUT2D eigenvalue weighted by Crippen LogP contribution is -2.50. The average molecular weight is 459 g/mol. The minimum atomic E-state index is -0.164. The lowest BCUT2D eigenvalue weighted by atomic mass is 9.95. The molecule has 5 rings (SSSR count). The highest BCUT2D eigenvalue weighted by molar-refractivity contribution is 5.94. The second-order valence-electron chi connectivity index (χ2n) is 9.22. The number of hydrogen-bond acceptors (Lipinski definition) is 3. The zero-order valence-corrected chi connectivity index (χ0v) is 19.5. The van der Waals surface area contributed by atoms with Crippen molar-refractivity contribution in [1.29, 1.82) is 0 Å². The summed E-state index contributed by atoms with van der Waals surface area (Å²) < 4.78 is 0. The Bertz CT molecular complexity index is 1210. The largest absolute Gasteiger partial charge is 0.358 e. The molecular weight excluding hydrogens is 428 g/mol. The van der Waals surface area contributed by atoms with Crippen LogP contribution in [0.4, 0.5) is 0 Å². The standard InChI is InChI=1S/C27H30N4O3/c1-19-23(22-10-5-6-11-24(22)28-19)18-25(32)30-14-7-15-31(30)27(34)21-12-16-29(17-13-21)26(33)20-8-3-2-4-9-20/h2-6,8-11,21,28H,7,12-18H2,1H3. The molecule has 0 bridgehead atoms. The number of hydrazine groups is 1. The molecule has 3 aromatic rings. The minimum absolute atomic E-state index is 0.00769. The Morgan fingerprint density at radius 1 is 0.882 bits per heavy atom. The number of fused-ring (bicyclic) bond motifs is 1. The van der Waals surface area contributed by atoms with Gasteiger partial charge in [0.25, 0.3) is 5.91 Å². The van der Waals surface area contributed by atoms with Crippen molar-refractivity contribution in [3.8, 4) is 0 Å². The first-order valence-corrected chi connectivity index (χ1v) is 12.0. The van der Waals surface area contributed by atoms with Crippen molar-refractivity contribution in [3.05, 3.63) is 71.4 Å². The number of nitrogens with one attached hydrogen (secondary N) is 1. The number of carbonyl (C=O) groups excluding carboxylic acids is 3. The van der Waals surface area contributed by atoms with Crippen LogP contribution >= 0.6 is 0 Å². The Morgan fingerprint density at radius 3 is 2.32 bits per heavy atom. The topological polar surface area (TPSA) is 76.7 Å². The maximum Gasteiger partial charge on any atom is 0.253 e. The number of nitrogens with zero attached hydrogens (tertiary/aromatic N) is 3. The van der Waals surface area contributed by atoms with E-state index in [-0.39, 0.29) is 30.1 Å². The Labute approximate surface area is 199 Å². The first kappa shape index (κ1) is 22.2. The van der Waals surface area contributed by atoms with Crippen LogP contribution in [-0.4, -0.2) is 63.8 Å². The van der Waals surface area contributed by atoms with E-state index < -0.39 is 0 Å². The van der Waals surface area contributed by atoms with Crippen LogP contribution in [0.15, 0.2) is 54.6 Å². The maximum atomic E-state index is 13.4. The zero-order valence-electron chi connectivity index (χ0n) is 19.5. The zero-order chi connectivity index (χ0) is 23.7. The summed E-state index contributed by atoms with van der Waals surface area (Å²) in [5, 5.41) is 4.36. The number of benzene rings is 2. The highest BCUT2D eigenvalue weighted by Crippen LogP contribution is 2.26. The second-order valence-corrected chi connectivity index (χ2v) is 9.22. The first-order chi connectivity index (χ1) is 16.5. The van der Waals surface area contributed by atoms with Gasteiger partial charge in [-0.15, -0.1) is 0 Å². The van der Waals surface area contributed by atoms with Gasteiger partial charge in [-0.25, -0.2) is 0 Å². The minimum Gasteiger partial charge on any atom is -0.358 e. The molecule has 7 nitrogen and oxygen atoms in total. The summed E-state index contributed by atoms with van der Waals surface area (Å²) in [6, 6.07) is 17.2. The van der Waals surface area contributed by atoms with Crippen LogP contribution in [0.1, 0.15) is 40.9 Å². The average Bonchev–Trinajstić information content (AvgIpc) is 3.49. The van der Waals surface area contributed by atoms with Crippen molar-refractivity contribution >= 4 is 28.6 Å². The van der Waals surface area contributed by atoms with Crippen LogP contribution in [0.3, 0.4) is 0 Å². The van der Waals surface area contributed by atoms with Crippen molar-refractivity contribution in [2.75, 3.05) is 26.2 Å². The predicted molar refractivity (Wildman–Crippen MR) is 130 cm³/mol. The quantitative estimate of drug-likeness (QED) is 0.650. The SMILES string of the molecule is Cc1[nH]c2ccccc2c1CC(=O)N1CCCN1C(=O)C1CCN(C(=O)c2ccccc2)CC1. The van der Waals surface area contributed by atoms with Gasteiger partial charge in [0.05, 0.1) is 6.42 Å². The number of aryl methyl sites for hydroxylation is 1. The molecular formula is C27H30N4O3. The maximum absolute atomic E-state index is 13.4. The first-order valence-electron chi connectivity index (χ1n) is 12.0. The fourth-order valence-electron chi connectivity index (χ4n) is 5.21. The second kappa shape index (κ2) is 9.33. The number of amides is 3. The number of H-pyrrole nitrogens is 1. The van der Waals surface area contributed by atoms with Crippen molar-refractivity contribution in [3.63, 3.8) is 0 Å². The van der Waals surface area contributed by atoms with Crippen LogP contribution in [-0.2, 0) is 16.0 Å². The monoisotopic (exact) mass is 458 g/mol. The summed E-state index contributed by atoms with van der Waals surface area (Å²) in [5.74, 6) is -0.190. The van der Waals surface area contributed by atoms with Crippen molar-refractivity contribution < 1.29 is 14.4 Å². The number of hydrogen-bond donors (Lipinski definition) is 1. The van der Waals surface area contributed by atoms with Crippen LogP contribution in [0.25, 0.3) is 10.9 Å². The molecule has 3 heterocycles. The molecule has 2 fully saturated rings. The highest BCUT2D eigenvalue weighted by atomic mass is 16.2. The molecule has 2 saturated heterocycles.